The van der Waals surface area contributed by atoms with E-state index >= 15 is 0 Å². The number of halogens is 1. The molecule has 82 valence electrons. The van der Waals surface area contributed by atoms with Crippen LogP contribution < -0.4 is 0 Å². The first kappa shape index (κ1) is 12.1. The second kappa shape index (κ2) is 4.67. The van der Waals surface area contributed by atoms with Crippen molar-refractivity contribution in [2.75, 3.05) is 0 Å². The monoisotopic (exact) mass is 225 g/mol. The van der Waals surface area contributed by atoms with E-state index in [4.69, 9.17) is 16.8 Å². The van der Waals surface area contributed by atoms with Gasteiger partial charge in [0.1, 0.15) is 0 Å². The highest BCUT2D eigenvalue weighted by Gasteiger charge is 2.13. The topological polar surface area (TPSA) is 32.6 Å². The maximum Gasteiger partial charge on any atom is 0.0733 e. The fourth-order valence-electron chi connectivity index (χ4n) is 1.45. The first-order chi connectivity index (χ1) is 6.92. The molecule has 0 aromatic heterocycles. The highest BCUT2D eigenvalue weighted by atomic mass is 35.5. The van der Waals surface area contributed by atoms with Crippen LogP contribution in [-0.4, -0.2) is 11.4 Å². The Hall–Kier alpha value is -1.02. The summed E-state index contributed by atoms with van der Waals surface area (Å²) in [5.41, 5.74) is 2.14. The third-order valence-electron chi connectivity index (χ3n) is 2.00. The standard InChI is InChI=1S/C12H16ClNO/c1-12(2,3)7-10-6-9(8-14-15)4-5-11(10)13/h4-6,8,15H,7H2,1-3H3/b14-8+. The summed E-state index contributed by atoms with van der Waals surface area (Å²) in [4.78, 5) is 0. The number of hydrogen-bond acceptors (Lipinski definition) is 2. The lowest BCUT2D eigenvalue weighted by Crippen LogP contribution is -2.09. The Morgan fingerprint density at radius 3 is 2.60 bits per heavy atom. The molecule has 0 bridgehead atoms. The molecule has 0 spiro atoms. The van der Waals surface area contributed by atoms with Gasteiger partial charge in [-0.15, -0.1) is 0 Å². The van der Waals surface area contributed by atoms with Crippen molar-refractivity contribution < 1.29 is 5.21 Å². The van der Waals surface area contributed by atoms with Crippen molar-refractivity contribution >= 4 is 17.8 Å². The average molecular weight is 226 g/mol. The number of oxime groups is 1. The molecule has 1 aromatic rings. The molecule has 0 radical (unpaired) electrons. The highest BCUT2D eigenvalue weighted by molar-refractivity contribution is 6.31. The highest BCUT2D eigenvalue weighted by Crippen LogP contribution is 2.26. The Balaban J connectivity index is 3.00. The maximum atomic E-state index is 8.45. The molecule has 0 fully saturated rings. The van der Waals surface area contributed by atoms with E-state index in [9.17, 15) is 0 Å². The Morgan fingerprint density at radius 2 is 2.07 bits per heavy atom. The second-order valence-electron chi connectivity index (χ2n) is 4.83. The number of benzene rings is 1. The fraction of sp³-hybridized carbons (Fsp3) is 0.417. The molecule has 2 nitrogen and oxygen atoms in total. The van der Waals surface area contributed by atoms with Gasteiger partial charge in [0.15, 0.2) is 0 Å². The Labute approximate surface area is 95.6 Å². The quantitative estimate of drug-likeness (QED) is 0.464. The maximum absolute atomic E-state index is 8.45. The molecule has 0 aliphatic carbocycles. The summed E-state index contributed by atoms with van der Waals surface area (Å²) >= 11 is 6.10. The Bertz CT molecular complexity index is 366. The normalized spacial score (nSPS) is 12.3. The summed E-state index contributed by atoms with van der Waals surface area (Å²) in [7, 11) is 0. The molecule has 0 atom stereocenters. The SMILES string of the molecule is CC(C)(C)Cc1cc(/C=N/O)ccc1Cl. The molecule has 0 saturated heterocycles. The van der Waals surface area contributed by atoms with Gasteiger partial charge in [0.05, 0.1) is 6.21 Å². The smallest absolute Gasteiger partial charge is 0.0733 e. The predicted octanol–water partition coefficient (Wildman–Crippen LogP) is 3.74. The van der Waals surface area contributed by atoms with E-state index in [0.717, 1.165) is 22.6 Å². The lowest BCUT2D eigenvalue weighted by Gasteiger charge is -2.19. The van der Waals surface area contributed by atoms with E-state index in [-0.39, 0.29) is 5.41 Å². The van der Waals surface area contributed by atoms with Gasteiger partial charge in [-0.05, 0) is 35.1 Å². The van der Waals surface area contributed by atoms with Gasteiger partial charge in [-0.3, -0.25) is 0 Å². The third-order valence-corrected chi connectivity index (χ3v) is 2.37. The summed E-state index contributed by atoms with van der Waals surface area (Å²) in [5.74, 6) is 0. The molecule has 1 aromatic carbocycles. The summed E-state index contributed by atoms with van der Waals surface area (Å²) < 4.78 is 0. The zero-order valence-corrected chi connectivity index (χ0v) is 10.0. The largest absolute Gasteiger partial charge is 0.411 e. The predicted molar refractivity (Wildman–Crippen MR) is 64.0 cm³/mol. The molecule has 0 unspecified atom stereocenters. The molecule has 0 aliphatic rings. The molecule has 0 saturated carbocycles. The van der Waals surface area contributed by atoms with Crippen LogP contribution in [0.2, 0.25) is 5.02 Å². The summed E-state index contributed by atoms with van der Waals surface area (Å²) in [5, 5.41) is 12.2. The Morgan fingerprint density at radius 1 is 1.40 bits per heavy atom. The van der Waals surface area contributed by atoms with Crippen LogP contribution in [0.3, 0.4) is 0 Å². The first-order valence-corrected chi connectivity index (χ1v) is 5.26. The van der Waals surface area contributed by atoms with E-state index in [0.29, 0.717) is 0 Å². The zero-order valence-electron chi connectivity index (χ0n) is 9.29. The van der Waals surface area contributed by atoms with Crippen LogP contribution in [0.1, 0.15) is 31.9 Å². The molecule has 1 N–H and O–H groups in total. The van der Waals surface area contributed by atoms with Crippen molar-refractivity contribution in [3.63, 3.8) is 0 Å². The van der Waals surface area contributed by atoms with Gasteiger partial charge in [0.25, 0.3) is 0 Å². The number of nitrogens with zero attached hydrogens (tertiary/aromatic N) is 1. The van der Waals surface area contributed by atoms with Gasteiger partial charge in [-0.2, -0.15) is 0 Å². The van der Waals surface area contributed by atoms with E-state index in [1.165, 1.54) is 6.21 Å². The molecule has 1 rings (SSSR count). The molecule has 15 heavy (non-hydrogen) atoms. The molecule has 0 heterocycles. The van der Waals surface area contributed by atoms with Crippen LogP contribution in [0, 0.1) is 5.41 Å². The minimum absolute atomic E-state index is 0.193. The van der Waals surface area contributed by atoms with Gasteiger partial charge in [0, 0.05) is 5.02 Å². The summed E-state index contributed by atoms with van der Waals surface area (Å²) in [6.45, 7) is 6.49. The second-order valence-corrected chi connectivity index (χ2v) is 5.24. The first-order valence-electron chi connectivity index (χ1n) is 4.88. The van der Waals surface area contributed by atoms with E-state index in [2.05, 4.69) is 25.9 Å². The van der Waals surface area contributed by atoms with Crippen LogP contribution in [-0.2, 0) is 6.42 Å². The molecule has 0 aliphatic heterocycles. The van der Waals surface area contributed by atoms with Gasteiger partial charge in [-0.1, -0.05) is 43.6 Å². The van der Waals surface area contributed by atoms with Crippen LogP contribution >= 0.6 is 11.6 Å². The molecule has 0 amide bonds. The zero-order chi connectivity index (χ0) is 11.5. The minimum atomic E-state index is 0.193. The van der Waals surface area contributed by atoms with Gasteiger partial charge in [-0.25, -0.2) is 0 Å². The molecular weight excluding hydrogens is 210 g/mol. The van der Waals surface area contributed by atoms with Crippen LogP contribution in [0.4, 0.5) is 0 Å². The van der Waals surface area contributed by atoms with E-state index in [1.807, 2.05) is 18.2 Å². The van der Waals surface area contributed by atoms with Crippen molar-refractivity contribution in [1.29, 1.82) is 0 Å². The third kappa shape index (κ3) is 3.92. The van der Waals surface area contributed by atoms with Gasteiger partial charge < -0.3 is 5.21 Å². The number of hydrogen-bond donors (Lipinski definition) is 1. The average Bonchev–Trinajstić information content (AvgIpc) is 2.09. The van der Waals surface area contributed by atoms with Crippen molar-refractivity contribution in [2.24, 2.45) is 10.6 Å². The van der Waals surface area contributed by atoms with Crippen molar-refractivity contribution in [1.82, 2.24) is 0 Å². The lowest BCUT2D eigenvalue weighted by molar-refractivity contribution is 0.322. The summed E-state index contributed by atoms with van der Waals surface area (Å²) in [6.07, 6.45) is 2.31. The lowest BCUT2D eigenvalue weighted by atomic mass is 9.88. The molecule has 3 heteroatoms. The Kier molecular flexibility index (Phi) is 3.75. The number of rotatable bonds is 2. The van der Waals surface area contributed by atoms with Crippen molar-refractivity contribution in [2.45, 2.75) is 27.2 Å². The van der Waals surface area contributed by atoms with Crippen LogP contribution in [0.25, 0.3) is 0 Å². The molecular formula is C12H16ClNO. The summed E-state index contributed by atoms with van der Waals surface area (Å²) in [6, 6.07) is 5.61. The van der Waals surface area contributed by atoms with Gasteiger partial charge in [0.2, 0.25) is 0 Å². The van der Waals surface area contributed by atoms with E-state index < -0.39 is 0 Å². The van der Waals surface area contributed by atoms with Crippen molar-refractivity contribution in [3.05, 3.63) is 34.3 Å². The van der Waals surface area contributed by atoms with Gasteiger partial charge >= 0.3 is 0 Å². The van der Waals surface area contributed by atoms with Crippen LogP contribution in [0.5, 0.6) is 0 Å². The fourth-order valence-corrected chi connectivity index (χ4v) is 1.63. The van der Waals surface area contributed by atoms with Crippen molar-refractivity contribution in [3.8, 4) is 0 Å². The minimum Gasteiger partial charge on any atom is -0.411 e. The van der Waals surface area contributed by atoms with E-state index in [1.54, 1.807) is 0 Å². The van der Waals surface area contributed by atoms with Crippen LogP contribution in [0.15, 0.2) is 23.4 Å².